The van der Waals surface area contributed by atoms with Crippen LogP contribution in [0.3, 0.4) is 0 Å². The molecule has 0 bridgehead atoms. The van der Waals surface area contributed by atoms with Gasteiger partial charge in [0, 0.05) is 6.04 Å². The first kappa shape index (κ1) is 16.8. The van der Waals surface area contributed by atoms with Crippen LogP contribution in [0, 0.1) is 0 Å². The maximum absolute atomic E-state index is 12.4. The van der Waals surface area contributed by atoms with Crippen molar-refractivity contribution < 1.29 is 13.2 Å². The van der Waals surface area contributed by atoms with Gasteiger partial charge in [0.05, 0.1) is 12.1 Å². The van der Waals surface area contributed by atoms with E-state index >= 15 is 0 Å². The zero-order valence-electron chi connectivity index (χ0n) is 11.9. The highest BCUT2D eigenvalue weighted by Crippen LogP contribution is 2.36. The van der Waals surface area contributed by atoms with Crippen molar-refractivity contribution in [1.82, 2.24) is 9.62 Å². The highest BCUT2D eigenvalue weighted by Gasteiger charge is 2.26. The average molecular weight is 353 g/mol. The number of likely N-dealkylation sites (tertiary alicyclic amines) is 1. The molecule has 5 nitrogen and oxygen atoms in total. The van der Waals surface area contributed by atoms with Gasteiger partial charge in [-0.2, -0.15) is 0 Å². The van der Waals surface area contributed by atoms with Gasteiger partial charge >= 0.3 is 0 Å². The molecule has 8 heteroatoms. The van der Waals surface area contributed by atoms with Crippen LogP contribution in [-0.4, -0.2) is 46.6 Å². The smallest absolute Gasteiger partial charge is 0.242 e. The molecular formula is C13H18Cl2N2O3S. The van der Waals surface area contributed by atoms with Crippen LogP contribution < -0.4 is 9.46 Å². The van der Waals surface area contributed by atoms with Gasteiger partial charge in [0.1, 0.15) is 15.7 Å². The monoisotopic (exact) mass is 352 g/mol. The number of benzene rings is 1. The third kappa shape index (κ3) is 3.81. The number of halogens is 2. The van der Waals surface area contributed by atoms with E-state index < -0.39 is 10.0 Å². The summed E-state index contributed by atoms with van der Waals surface area (Å²) in [6.07, 6.45) is 1.55. The molecule has 1 N–H and O–H groups in total. The molecule has 1 aliphatic rings. The SMILES string of the molecule is COc1ccc(S(=O)(=O)NC2CCN(C)CC2)c(Cl)c1Cl. The van der Waals surface area contributed by atoms with E-state index in [-0.39, 0.29) is 21.0 Å². The second-order valence-corrected chi connectivity index (χ2v) is 7.53. The van der Waals surface area contributed by atoms with Crippen LogP contribution in [0.4, 0.5) is 0 Å². The first-order valence-electron chi connectivity index (χ1n) is 6.58. The summed E-state index contributed by atoms with van der Waals surface area (Å²) in [5, 5.41) is 0.0851. The summed E-state index contributed by atoms with van der Waals surface area (Å²) in [7, 11) is -0.230. The van der Waals surface area contributed by atoms with E-state index in [1.807, 2.05) is 7.05 Å². The largest absolute Gasteiger partial charge is 0.495 e. The molecule has 1 aliphatic heterocycles. The number of nitrogens with zero attached hydrogens (tertiary/aromatic N) is 1. The van der Waals surface area contributed by atoms with Gasteiger partial charge in [0.15, 0.2) is 0 Å². The maximum atomic E-state index is 12.4. The minimum Gasteiger partial charge on any atom is -0.495 e. The molecule has 0 unspecified atom stereocenters. The number of methoxy groups -OCH3 is 1. The van der Waals surface area contributed by atoms with Crippen molar-refractivity contribution in [3.05, 3.63) is 22.2 Å². The van der Waals surface area contributed by atoms with E-state index in [2.05, 4.69) is 9.62 Å². The number of sulfonamides is 1. The molecular weight excluding hydrogens is 335 g/mol. The summed E-state index contributed by atoms with van der Waals surface area (Å²) in [4.78, 5) is 2.15. The molecule has 21 heavy (non-hydrogen) atoms. The van der Waals surface area contributed by atoms with Crippen molar-refractivity contribution in [2.45, 2.75) is 23.8 Å². The molecule has 1 saturated heterocycles. The van der Waals surface area contributed by atoms with E-state index in [0.29, 0.717) is 5.75 Å². The number of hydrogen-bond acceptors (Lipinski definition) is 4. The summed E-state index contributed by atoms with van der Waals surface area (Å²) in [5.74, 6) is 0.347. The summed E-state index contributed by atoms with van der Waals surface area (Å²) in [6, 6.07) is 2.82. The first-order chi connectivity index (χ1) is 9.85. The molecule has 0 radical (unpaired) electrons. The number of nitrogens with one attached hydrogen (secondary N) is 1. The topological polar surface area (TPSA) is 58.6 Å². The number of piperidine rings is 1. The van der Waals surface area contributed by atoms with Crippen molar-refractivity contribution in [3.8, 4) is 5.75 Å². The van der Waals surface area contributed by atoms with Gasteiger partial charge in [-0.15, -0.1) is 0 Å². The molecule has 0 aromatic heterocycles. The Labute approximate surface area is 135 Å². The molecule has 2 rings (SSSR count). The molecule has 0 aliphatic carbocycles. The Morgan fingerprint density at radius 1 is 1.24 bits per heavy atom. The minimum atomic E-state index is -3.70. The lowest BCUT2D eigenvalue weighted by Crippen LogP contribution is -2.43. The Kier molecular flexibility index (Phi) is 5.38. The number of ether oxygens (including phenoxy) is 1. The van der Waals surface area contributed by atoms with Gasteiger partial charge in [0.2, 0.25) is 10.0 Å². The molecule has 0 spiro atoms. The van der Waals surface area contributed by atoms with Crippen molar-refractivity contribution in [1.29, 1.82) is 0 Å². The third-order valence-electron chi connectivity index (χ3n) is 3.56. The van der Waals surface area contributed by atoms with E-state index in [4.69, 9.17) is 27.9 Å². The van der Waals surface area contributed by atoms with Crippen LogP contribution in [0.5, 0.6) is 5.75 Å². The van der Waals surface area contributed by atoms with E-state index in [0.717, 1.165) is 25.9 Å². The summed E-state index contributed by atoms with van der Waals surface area (Å²) in [5.41, 5.74) is 0. The summed E-state index contributed by atoms with van der Waals surface area (Å²) >= 11 is 12.1. The highest BCUT2D eigenvalue weighted by atomic mass is 35.5. The molecule has 1 heterocycles. The molecule has 0 atom stereocenters. The molecule has 118 valence electrons. The predicted molar refractivity (Wildman–Crippen MR) is 83.9 cm³/mol. The fourth-order valence-corrected chi connectivity index (χ4v) is 4.43. The Morgan fingerprint density at radius 2 is 1.86 bits per heavy atom. The predicted octanol–water partition coefficient (Wildman–Crippen LogP) is 2.37. The Bertz CT molecular complexity index is 614. The number of rotatable bonds is 4. The second-order valence-electron chi connectivity index (χ2n) is 5.09. The Hall–Kier alpha value is -0.530. The molecule has 1 aromatic carbocycles. The van der Waals surface area contributed by atoms with Gasteiger partial charge < -0.3 is 9.64 Å². The Morgan fingerprint density at radius 3 is 2.43 bits per heavy atom. The first-order valence-corrected chi connectivity index (χ1v) is 8.82. The lowest BCUT2D eigenvalue weighted by atomic mass is 10.1. The quantitative estimate of drug-likeness (QED) is 0.903. The van der Waals surface area contributed by atoms with Crippen molar-refractivity contribution in [2.24, 2.45) is 0 Å². The third-order valence-corrected chi connectivity index (χ3v) is 6.10. The molecule has 0 amide bonds. The minimum absolute atomic E-state index is 0.0172. The van der Waals surface area contributed by atoms with Crippen LogP contribution in [-0.2, 0) is 10.0 Å². The van der Waals surface area contributed by atoms with Gasteiger partial charge in [-0.3, -0.25) is 0 Å². The highest BCUT2D eigenvalue weighted by molar-refractivity contribution is 7.89. The average Bonchev–Trinajstić information content (AvgIpc) is 2.44. The summed E-state index contributed by atoms with van der Waals surface area (Å²) in [6.45, 7) is 1.73. The molecule has 1 fully saturated rings. The fraction of sp³-hybridized carbons (Fsp3) is 0.538. The number of hydrogen-bond donors (Lipinski definition) is 1. The maximum Gasteiger partial charge on any atom is 0.242 e. The zero-order valence-corrected chi connectivity index (χ0v) is 14.2. The standard InChI is InChI=1S/C13H18Cl2N2O3S/c1-17-7-5-9(6-8-17)16-21(18,19)11-4-3-10(20-2)12(14)13(11)15/h3-4,9,16H,5-8H2,1-2H3. The van der Waals surface area contributed by atoms with Crippen LogP contribution in [0.1, 0.15) is 12.8 Å². The van der Waals surface area contributed by atoms with Crippen LogP contribution in [0.2, 0.25) is 10.0 Å². The van der Waals surface area contributed by atoms with Crippen LogP contribution >= 0.6 is 23.2 Å². The normalized spacial score (nSPS) is 17.9. The van der Waals surface area contributed by atoms with Gasteiger partial charge in [-0.25, -0.2) is 13.1 Å². The fourth-order valence-electron chi connectivity index (χ4n) is 2.29. The van der Waals surface area contributed by atoms with Crippen LogP contribution in [0.15, 0.2) is 17.0 Å². The van der Waals surface area contributed by atoms with Gasteiger partial charge in [-0.1, -0.05) is 23.2 Å². The van der Waals surface area contributed by atoms with Crippen LogP contribution in [0.25, 0.3) is 0 Å². The van der Waals surface area contributed by atoms with Gasteiger partial charge in [-0.05, 0) is 45.1 Å². The molecule has 1 aromatic rings. The van der Waals surface area contributed by atoms with E-state index in [9.17, 15) is 8.42 Å². The van der Waals surface area contributed by atoms with E-state index in [1.54, 1.807) is 0 Å². The lowest BCUT2D eigenvalue weighted by Gasteiger charge is -2.29. The van der Waals surface area contributed by atoms with Crippen molar-refractivity contribution in [3.63, 3.8) is 0 Å². The van der Waals surface area contributed by atoms with Crippen molar-refractivity contribution in [2.75, 3.05) is 27.2 Å². The van der Waals surface area contributed by atoms with Crippen molar-refractivity contribution >= 4 is 33.2 Å². The lowest BCUT2D eigenvalue weighted by molar-refractivity contribution is 0.248. The Balaban J connectivity index is 2.22. The van der Waals surface area contributed by atoms with E-state index in [1.165, 1.54) is 19.2 Å². The second kappa shape index (κ2) is 6.71. The molecule has 0 saturated carbocycles. The summed E-state index contributed by atoms with van der Waals surface area (Å²) < 4.78 is 32.6. The zero-order chi connectivity index (χ0) is 15.6. The van der Waals surface area contributed by atoms with Gasteiger partial charge in [0.25, 0.3) is 0 Å².